The zero-order valence-electron chi connectivity index (χ0n) is 15.9. The lowest BCUT2D eigenvalue weighted by molar-refractivity contribution is -0.137. The van der Waals surface area contributed by atoms with Crippen LogP contribution in [-0.2, 0) is 16.2 Å². The van der Waals surface area contributed by atoms with Gasteiger partial charge < -0.3 is 4.74 Å². The number of nitrogens with zero attached hydrogens (tertiary/aromatic N) is 1. The van der Waals surface area contributed by atoms with Crippen LogP contribution in [0, 0.1) is 5.82 Å². The maximum absolute atomic E-state index is 14.0. The summed E-state index contributed by atoms with van der Waals surface area (Å²) in [4.78, 5) is 11.2. The van der Waals surface area contributed by atoms with E-state index in [9.17, 15) is 30.8 Å². The molecule has 0 aliphatic carbocycles. The number of carbonyl (C=O) groups is 1. The molecule has 2 aromatic rings. The second-order valence-electron chi connectivity index (χ2n) is 6.80. The summed E-state index contributed by atoms with van der Waals surface area (Å²) in [6.07, 6.45) is -4.43. The third-order valence-corrected chi connectivity index (χ3v) is 6.75. The predicted octanol–water partition coefficient (Wildman–Crippen LogP) is 4.08. The van der Waals surface area contributed by atoms with Crippen LogP contribution in [0.15, 0.2) is 47.4 Å². The number of hydroxylamine groups is 1. The van der Waals surface area contributed by atoms with Gasteiger partial charge in [-0.25, -0.2) is 18.3 Å². The Labute approximate surface area is 184 Å². The van der Waals surface area contributed by atoms with Gasteiger partial charge in [-0.3, -0.25) is 10.0 Å². The largest absolute Gasteiger partial charge is 0.490 e. The summed E-state index contributed by atoms with van der Waals surface area (Å²) < 4.78 is 84.5. The van der Waals surface area contributed by atoms with E-state index in [1.54, 1.807) is 0 Å². The van der Waals surface area contributed by atoms with Gasteiger partial charge in [0.15, 0.2) is 0 Å². The van der Waals surface area contributed by atoms with Gasteiger partial charge in [-0.2, -0.15) is 17.5 Å². The van der Waals surface area contributed by atoms with Gasteiger partial charge in [-0.1, -0.05) is 13.5 Å². The van der Waals surface area contributed by atoms with Crippen molar-refractivity contribution in [1.29, 1.82) is 0 Å². The lowest BCUT2D eigenvalue weighted by Gasteiger charge is -2.31. The fourth-order valence-electron chi connectivity index (χ4n) is 3.24. The number of sulfonamides is 1. The van der Waals surface area contributed by atoms with Crippen molar-refractivity contribution in [3.63, 3.8) is 0 Å². The molecule has 0 bridgehead atoms. The quantitative estimate of drug-likeness (QED) is 0.382. The van der Waals surface area contributed by atoms with Gasteiger partial charge >= 0.3 is 6.18 Å². The van der Waals surface area contributed by atoms with E-state index in [1.165, 1.54) is 17.6 Å². The Morgan fingerprint density at radius 2 is 1.72 bits per heavy atom. The minimum absolute atomic E-state index is 0. The first kappa shape index (κ1) is 25.6. The van der Waals surface area contributed by atoms with E-state index < -0.39 is 50.1 Å². The average molecular weight is 480 g/mol. The molecule has 1 aliphatic heterocycles. The molecule has 2 N–H and O–H groups in total. The van der Waals surface area contributed by atoms with Crippen LogP contribution in [0.25, 0.3) is 0 Å². The van der Waals surface area contributed by atoms with Crippen molar-refractivity contribution < 1.29 is 42.1 Å². The van der Waals surface area contributed by atoms with E-state index in [0.717, 1.165) is 34.6 Å². The van der Waals surface area contributed by atoms with Gasteiger partial charge in [-0.15, -0.1) is 0 Å². The summed E-state index contributed by atoms with van der Waals surface area (Å²) in [5.41, 5.74) is -0.372. The first-order chi connectivity index (χ1) is 14.5. The molecule has 0 unspecified atom stereocenters. The summed E-state index contributed by atoms with van der Waals surface area (Å²) >= 11 is 0. The zero-order valence-corrected chi connectivity index (χ0v) is 16.7. The van der Waals surface area contributed by atoms with Crippen LogP contribution >= 0.6 is 0 Å². The molecule has 178 valence electrons. The number of halogens is 4. The summed E-state index contributed by atoms with van der Waals surface area (Å²) in [7, 11) is -4.25. The number of nitrogens with one attached hydrogen (secondary N) is 1. The van der Waals surface area contributed by atoms with Crippen LogP contribution in [0.1, 0.15) is 37.6 Å². The van der Waals surface area contributed by atoms with Gasteiger partial charge in [0.1, 0.15) is 17.7 Å². The summed E-state index contributed by atoms with van der Waals surface area (Å²) in [6, 6.07) is 7.27. The van der Waals surface area contributed by atoms with E-state index in [0.29, 0.717) is 0 Å². The molecule has 0 atom stereocenters. The van der Waals surface area contributed by atoms with Crippen LogP contribution < -0.4 is 10.2 Å². The van der Waals surface area contributed by atoms with E-state index in [1.807, 2.05) is 0 Å². The number of rotatable bonds is 5. The minimum atomic E-state index is -4.46. The Balaban J connectivity index is 0.00000272. The maximum atomic E-state index is 14.0. The highest BCUT2D eigenvalue weighted by molar-refractivity contribution is 7.89. The van der Waals surface area contributed by atoms with Gasteiger partial charge in [0, 0.05) is 14.5 Å². The molecular weight excluding hydrogens is 456 g/mol. The molecule has 1 heterocycles. The van der Waals surface area contributed by atoms with Crippen molar-refractivity contribution in [1.82, 2.24) is 9.79 Å². The number of ether oxygens (including phenoxy) is 1. The van der Waals surface area contributed by atoms with Crippen molar-refractivity contribution >= 4 is 15.9 Å². The molecule has 0 aromatic heterocycles. The second kappa shape index (κ2) is 9.84. The Morgan fingerprint density at radius 3 is 2.25 bits per heavy atom. The highest BCUT2D eigenvalue weighted by atomic mass is 32.2. The standard InChI is InChI=1S/C19H18F4N2O5S.CH4.H2/c20-15-2-1-3-16(17(15)18(26)24-27)31(28,29)25-10-8-14(9-11-25)30-13-6-4-12(5-7-13)19(21,22)23;;/h1-7,14,27H,8-11H2,(H,24,26);1H4;1H. The molecule has 0 spiro atoms. The Bertz CT molecular complexity index is 1060. The fraction of sp³-hybridized carbons (Fsp3) is 0.350. The molecule has 12 heteroatoms. The van der Waals surface area contributed by atoms with Crippen molar-refractivity contribution in [2.24, 2.45) is 0 Å². The SMILES string of the molecule is C.O=C(NO)c1c(F)cccc1S(=O)(=O)N1CCC(Oc2ccc(C(F)(F)F)cc2)CC1.[HH]. The zero-order chi connectivity index (χ0) is 22.8. The third kappa shape index (κ3) is 5.37. The van der Waals surface area contributed by atoms with Crippen LogP contribution in [0.4, 0.5) is 17.6 Å². The van der Waals surface area contributed by atoms with Crippen LogP contribution in [0.3, 0.4) is 0 Å². The molecule has 3 rings (SSSR count). The summed E-state index contributed by atoms with van der Waals surface area (Å²) in [6.45, 7) is -0.0192. The Kier molecular flexibility index (Phi) is 7.86. The molecule has 0 radical (unpaired) electrons. The molecule has 32 heavy (non-hydrogen) atoms. The minimum Gasteiger partial charge on any atom is -0.490 e. The smallest absolute Gasteiger partial charge is 0.416 e. The van der Waals surface area contributed by atoms with Crippen molar-refractivity contribution in [3.05, 3.63) is 59.4 Å². The molecule has 1 aliphatic rings. The fourth-order valence-corrected chi connectivity index (χ4v) is 4.91. The van der Waals surface area contributed by atoms with E-state index >= 15 is 0 Å². The lowest BCUT2D eigenvalue weighted by Crippen LogP contribution is -2.42. The number of carbonyl (C=O) groups excluding carboxylic acids is 1. The Morgan fingerprint density at radius 1 is 1.12 bits per heavy atom. The molecule has 1 amide bonds. The lowest BCUT2D eigenvalue weighted by atomic mass is 10.1. The first-order valence-corrected chi connectivity index (χ1v) is 10.5. The average Bonchev–Trinajstić information content (AvgIpc) is 2.73. The van der Waals surface area contributed by atoms with Crippen molar-refractivity contribution in [2.75, 3.05) is 13.1 Å². The first-order valence-electron chi connectivity index (χ1n) is 9.11. The number of amides is 1. The number of hydrogen-bond donors (Lipinski definition) is 2. The van der Waals surface area contributed by atoms with Gasteiger partial charge in [0.25, 0.3) is 5.91 Å². The molecule has 1 saturated heterocycles. The number of hydrogen-bond acceptors (Lipinski definition) is 5. The van der Waals surface area contributed by atoms with Crippen molar-refractivity contribution in [3.8, 4) is 5.75 Å². The summed E-state index contributed by atoms with van der Waals surface area (Å²) in [5, 5.41) is 8.80. The van der Waals surface area contributed by atoms with Gasteiger partial charge in [0.2, 0.25) is 10.0 Å². The van der Waals surface area contributed by atoms with Gasteiger partial charge in [0.05, 0.1) is 16.0 Å². The van der Waals surface area contributed by atoms with Crippen LogP contribution in [0.2, 0.25) is 0 Å². The molecule has 2 aromatic carbocycles. The third-order valence-electron chi connectivity index (χ3n) is 4.81. The topological polar surface area (TPSA) is 95.9 Å². The number of alkyl halides is 3. The molecule has 1 fully saturated rings. The Hall–Kier alpha value is -2.70. The van der Waals surface area contributed by atoms with Crippen molar-refractivity contribution in [2.45, 2.75) is 37.4 Å². The van der Waals surface area contributed by atoms with Crippen LogP contribution in [-0.4, -0.2) is 43.0 Å². The molecule has 0 saturated carbocycles. The van der Waals surface area contributed by atoms with E-state index in [-0.39, 0.29) is 40.5 Å². The normalized spacial score (nSPS) is 15.7. The highest BCUT2D eigenvalue weighted by Gasteiger charge is 2.34. The molecular formula is C20H24F4N2O5S. The second-order valence-corrected chi connectivity index (χ2v) is 8.70. The highest BCUT2D eigenvalue weighted by Crippen LogP contribution is 2.31. The van der Waals surface area contributed by atoms with E-state index in [4.69, 9.17) is 9.94 Å². The van der Waals surface area contributed by atoms with Crippen LogP contribution in [0.5, 0.6) is 5.75 Å². The maximum Gasteiger partial charge on any atom is 0.416 e. The number of piperidine rings is 1. The van der Waals surface area contributed by atoms with Gasteiger partial charge in [-0.05, 0) is 49.2 Å². The number of benzene rings is 2. The summed E-state index contributed by atoms with van der Waals surface area (Å²) in [5.74, 6) is -2.17. The predicted molar refractivity (Wildman–Crippen MR) is 108 cm³/mol. The van der Waals surface area contributed by atoms with E-state index in [2.05, 4.69) is 0 Å². The monoisotopic (exact) mass is 480 g/mol. The molecule has 7 nitrogen and oxygen atoms in total.